The summed E-state index contributed by atoms with van der Waals surface area (Å²) in [5, 5.41) is 7.86. The molecular formula is C15H19N3. The molecule has 1 N–H and O–H groups in total. The number of rotatable bonds is 3. The van der Waals surface area contributed by atoms with Gasteiger partial charge in [-0.3, -0.25) is 4.68 Å². The number of hydrogen-bond acceptors (Lipinski definition) is 2. The molecule has 0 spiro atoms. The van der Waals surface area contributed by atoms with Gasteiger partial charge in [0.05, 0.1) is 6.20 Å². The van der Waals surface area contributed by atoms with Crippen molar-refractivity contribution >= 4 is 0 Å². The first-order valence-corrected chi connectivity index (χ1v) is 6.66. The van der Waals surface area contributed by atoms with Crippen LogP contribution in [0.1, 0.15) is 29.5 Å². The Balaban J connectivity index is 1.81. The normalized spacial score (nSPS) is 18.6. The van der Waals surface area contributed by atoms with Crippen LogP contribution in [-0.4, -0.2) is 16.3 Å². The van der Waals surface area contributed by atoms with Crippen molar-refractivity contribution in [2.24, 2.45) is 0 Å². The van der Waals surface area contributed by atoms with Crippen molar-refractivity contribution in [1.29, 1.82) is 0 Å². The molecule has 0 amide bonds. The van der Waals surface area contributed by atoms with E-state index in [1.165, 1.54) is 16.7 Å². The summed E-state index contributed by atoms with van der Waals surface area (Å²) in [5.41, 5.74) is 4.28. The smallest absolute Gasteiger partial charge is 0.0521 e. The Morgan fingerprint density at radius 1 is 1.39 bits per heavy atom. The van der Waals surface area contributed by atoms with Gasteiger partial charge in [0.2, 0.25) is 0 Å². The fourth-order valence-corrected chi connectivity index (χ4v) is 2.74. The lowest BCUT2D eigenvalue weighted by Gasteiger charge is -2.26. The molecule has 18 heavy (non-hydrogen) atoms. The molecule has 1 unspecified atom stereocenters. The predicted octanol–water partition coefficient (Wildman–Crippen LogP) is 2.33. The molecule has 2 aromatic rings. The molecule has 94 valence electrons. The second-order valence-corrected chi connectivity index (χ2v) is 4.94. The summed E-state index contributed by atoms with van der Waals surface area (Å²) >= 11 is 0. The van der Waals surface area contributed by atoms with Crippen LogP contribution in [0.3, 0.4) is 0 Å². The van der Waals surface area contributed by atoms with Gasteiger partial charge in [0.1, 0.15) is 0 Å². The third-order valence-corrected chi connectivity index (χ3v) is 3.69. The molecule has 3 rings (SSSR count). The van der Waals surface area contributed by atoms with E-state index in [1.807, 2.05) is 10.9 Å². The van der Waals surface area contributed by atoms with Crippen molar-refractivity contribution in [2.75, 3.05) is 6.54 Å². The maximum Gasteiger partial charge on any atom is 0.0521 e. The number of aromatic nitrogens is 2. The highest BCUT2D eigenvalue weighted by molar-refractivity contribution is 5.33. The van der Waals surface area contributed by atoms with E-state index in [0.717, 1.165) is 26.1 Å². The van der Waals surface area contributed by atoms with Gasteiger partial charge >= 0.3 is 0 Å². The molecule has 3 nitrogen and oxygen atoms in total. The Kier molecular flexibility index (Phi) is 3.15. The minimum atomic E-state index is 0.574. The van der Waals surface area contributed by atoms with Crippen molar-refractivity contribution in [2.45, 2.75) is 32.4 Å². The van der Waals surface area contributed by atoms with E-state index >= 15 is 0 Å². The zero-order valence-electron chi connectivity index (χ0n) is 10.8. The Bertz CT molecular complexity index is 530. The van der Waals surface area contributed by atoms with Gasteiger partial charge in [0.25, 0.3) is 0 Å². The average Bonchev–Trinajstić information content (AvgIpc) is 2.87. The van der Waals surface area contributed by atoms with Crippen LogP contribution < -0.4 is 5.32 Å². The van der Waals surface area contributed by atoms with Gasteiger partial charge in [-0.25, -0.2) is 0 Å². The fourth-order valence-electron chi connectivity index (χ4n) is 2.74. The van der Waals surface area contributed by atoms with E-state index in [0.29, 0.717) is 5.92 Å². The summed E-state index contributed by atoms with van der Waals surface area (Å²) < 4.78 is 2.00. The Hall–Kier alpha value is -1.61. The molecule has 3 heteroatoms. The van der Waals surface area contributed by atoms with Gasteiger partial charge in [-0.15, -0.1) is 0 Å². The highest BCUT2D eigenvalue weighted by atomic mass is 15.3. The molecule has 1 aliphatic heterocycles. The Morgan fingerprint density at radius 2 is 2.28 bits per heavy atom. The van der Waals surface area contributed by atoms with Gasteiger partial charge in [-0.05, 0) is 30.0 Å². The number of aryl methyl sites for hydroxylation is 1. The van der Waals surface area contributed by atoms with E-state index in [4.69, 9.17) is 0 Å². The highest BCUT2D eigenvalue weighted by Crippen LogP contribution is 2.26. The van der Waals surface area contributed by atoms with E-state index in [-0.39, 0.29) is 0 Å². The van der Waals surface area contributed by atoms with Gasteiger partial charge in [-0.1, -0.05) is 24.3 Å². The molecule has 1 aromatic carbocycles. The molecule has 0 fully saturated rings. The predicted molar refractivity (Wildman–Crippen MR) is 72.5 cm³/mol. The summed E-state index contributed by atoms with van der Waals surface area (Å²) in [6.07, 6.45) is 5.24. The second kappa shape index (κ2) is 4.94. The minimum Gasteiger partial charge on any atom is -0.312 e. The quantitative estimate of drug-likeness (QED) is 0.894. The lowest BCUT2D eigenvalue weighted by atomic mass is 9.87. The van der Waals surface area contributed by atoms with E-state index < -0.39 is 0 Å². The SMILES string of the molecule is CCn1cc(CC2CNCc3ccccc32)cn1. The zero-order valence-corrected chi connectivity index (χ0v) is 10.8. The summed E-state index contributed by atoms with van der Waals surface area (Å²) in [6.45, 7) is 5.13. The van der Waals surface area contributed by atoms with Crippen LogP contribution >= 0.6 is 0 Å². The monoisotopic (exact) mass is 241 g/mol. The van der Waals surface area contributed by atoms with Crippen LogP contribution in [0, 0.1) is 0 Å². The zero-order chi connectivity index (χ0) is 12.4. The van der Waals surface area contributed by atoms with Crippen molar-refractivity contribution < 1.29 is 0 Å². The van der Waals surface area contributed by atoms with Gasteiger partial charge in [0.15, 0.2) is 0 Å². The van der Waals surface area contributed by atoms with Crippen molar-refractivity contribution in [3.63, 3.8) is 0 Å². The number of nitrogens with one attached hydrogen (secondary N) is 1. The van der Waals surface area contributed by atoms with Crippen LogP contribution in [0.4, 0.5) is 0 Å². The summed E-state index contributed by atoms with van der Waals surface area (Å²) in [4.78, 5) is 0. The first-order valence-electron chi connectivity index (χ1n) is 6.66. The third-order valence-electron chi connectivity index (χ3n) is 3.69. The molecule has 0 aliphatic carbocycles. The lowest BCUT2D eigenvalue weighted by molar-refractivity contribution is 0.539. The molecule has 1 atom stereocenters. The van der Waals surface area contributed by atoms with Crippen LogP contribution in [0.5, 0.6) is 0 Å². The first kappa shape index (κ1) is 11.5. The van der Waals surface area contributed by atoms with Crippen molar-refractivity contribution in [3.8, 4) is 0 Å². The van der Waals surface area contributed by atoms with Gasteiger partial charge in [0, 0.05) is 31.7 Å². The maximum atomic E-state index is 4.35. The lowest BCUT2D eigenvalue weighted by Crippen LogP contribution is -2.29. The first-order chi connectivity index (χ1) is 8.86. The third kappa shape index (κ3) is 2.18. The molecule has 2 heterocycles. The topological polar surface area (TPSA) is 29.9 Å². The van der Waals surface area contributed by atoms with Crippen LogP contribution in [0.25, 0.3) is 0 Å². The Morgan fingerprint density at radius 3 is 3.11 bits per heavy atom. The van der Waals surface area contributed by atoms with Gasteiger partial charge in [-0.2, -0.15) is 5.10 Å². The molecule has 0 saturated carbocycles. The van der Waals surface area contributed by atoms with E-state index in [1.54, 1.807) is 0 Å². The standard InChI is InChI=1S/C15H19N3/c1-2-18-11-12(8-17-18)7-14-10-16-9-13-5-3-4-6-15(13)14/h3-6,8,11,14,16H,2,7,9-10H2,1H3. The fraction of sp³-hybridized carbons (Fsp3) is 0.400. The highest BCUT2D eigenvalue weighted by Gasteiger charge is 2.19. The summed E-state index contributed by atoms with van der Waals surface area (Å²) in [6, 6.07) is 8.76. The second-order valence-electron chi connectivity index (χ2n) is 4.94. The number of nitrogens with zero attached hydrogens (tertiary/aromatic N) is 2. The van der Waals surface area contributed by atoms with Crippen LogP contribution in [-0.2, 0) is 19.5 Å². The van der Waals surface area contributed by atoms with Crippen LogP contribution in [0.2, 0.25) is 0 Å². The number of fused-ring (bicyclic) bond motifs is 1. The van der Waals surface area contributed by atoms with Crippen molar-refractivity contribution in [1.82, 2.24) is 15.1 Å². The Labute approximate surface area is 108 Å². The molecule has 0 saturated heterocycles. The van der Waals surface area contributed by atoms with Gasteiger partial charge < -0.3 is 5.32 Å². The number of benzene rings is 1. The molecule has 0 bridgehead atoms. The molecule has 1 aromatic heterocycles. The van der Waals surface area contributed by atoms with E-state index in [2.05, 4.69) is 47.8 Å². The van der Waals surface area contributed by atoms with Crippen LogP contribution in [0.15, 0.2) is 36.7 Å². The summed E-state index contributed by atoms with van der Waals surface area (Å²) in [5.74, 6) is 0.574. The maximum absolute atomic E-state index is 4.35. The molecular weight excluding hydrogens is 222 g/mol. The largest absolute Gasteiger partial charge is 0.312 e. The molecule has 0 radical (unpaired) electrons. The minimum absolute atomic E-state index is 0.574. The molecule has 1 aliphatic rings. The van der Waals surface area contributed by atoms with Crippen molar-refractivity contribution in [3.05, 3.63) is 53.3 Å². The summed E-state index contributed by atoms with van der Waals surface area (Å²) in [7, 11) is 0. The average molecular weight is 241 g/mol. The van der Waals surface area contributed by atoms with E-state index in [9.17, 15) is 0 Å². The number of hydrogen-bond donors (Lipinski definition) is 1.